The fraction of sp³-hybridized carbons (Fsp3) is 1.00. The van der Waals surface area contributed by atoms with Gasteiger partial charge in [0, 0.05) is 5.41 Å². The van der Waals surface area contributed by atoms with E-state index in [9.17, 15) is 10.2 Å². The van der Waals surface area contributed by atoms with Crippen LogP contribution in [-0.2, 0) is 0 Å². The highest BCUT2D eigenvalue weighted by Crippen LogP contribution is 2.68. The van der Waals surface area contributed by atoms with E-state index in [2.05, 4.69) is 13.8 Å². The molecular formula is C21H36O2. The Hall–Kier alpha value is -0.0800. The van der Waals surface area contributed by atoms with Crippen molar-refractivity contribution in [3.63, 3.8) is 0 Å². The van der Waals surface area contributed by atoms with Crippen molar-refractivity contribution in [2.75, 3.05) is 0 Å². The van der Waals surface area contributed by atoms with Crippen molar-refractivity contribution in [1.29, 1.82) is 0 Å². The lowest BCUT2D eigenvalue weighted by molar-refractivity contribution is -0.183. The Kier molecular flexibility index (Phi) is 3.71. The van der Waals surface area contributed by atoms with Gasteiger partial charge in [-0.15, -0.1) is 0 Å². The van der Waals surface area contributed by atoms with Crippen molar-refractivity contribution in [2.24, 2.45) is 34.5 Å². The highest BCUT2D eigenvalue weighted by molar-refractivity contribution is 5.15. The molecule has 4 aliphatic carbocycles. The minimum atomic E-state index is -0.854. The highest BCUT2D eigenvalue weighted by Gasteiger charge is 2.65. The van der Waals surface area contributed by atoms with Gasteiger partial charge in [-0.1, -0.05) is 26.7 Å². The Bertz CT molecular complexity index is 474. The standard InChI is InChI=1S/C21H36O2/c1-14(22)21(23)13-10-18-16-8-7-15-6-4-5-11-19(15,2)17(16)9-12-20(18,21)3/h14-18,22-23H,4-13H2,1-3H3/t14?,15-,16?,17?,18?,19?,20?,21+/m1/s1. The van der Waals surface area contributed by atoms with Crippen molar-refractivity contribution in [3.05, 3.63) is 0 Å². The number of hydrogen-bond donors (Lipinski definition) is 2. The van der Waals surface area contributed by atoms with Gasteiger partial charge in [0.2, 0.25) is 0 Å². The molecule has 23 heavy (non-hydrogen) atoms. The van der Waals surface area contributed by atoms with E-state index in [-0.39, 0.29) is 5.41 Å². The van der Waals surface area contributed by atoms with Crippen LogP contribution in [0.15, 0.2) is 0 Å². The lowest BCUT2D eigenvalue weighted by Crippen LogP contribution is -2.58. The molecule has 2 heteroatoms. The summed E-state index contributed by atoms with van der Waals surface area (Å²) in [4.78, 5) is 0. The first kappa shape index (κ1) is 16.4. The summed E-state index contributed by atoms with van der Waals surface area (Å²) in [6, 6.07) is 0. The third-order valence-electron chi connectivity index (χ3n) is 9.49. The van der Waals surface area contributed by atoms with E-state index < -0.39 is 11.7 Å². The predicted molar refractivity (Wildman–Crippen MR) is 93.0 cm³/mol. The normalized spacial score (nSPS) is 57.3. The molecule has 0 aromatic rings. The fourth-order valence-corrected chi connectivity index (χ4v) is 8.03. The third kappa shape index (κ3) is 2.00. The summed E-state index contributed by atoms with van der Waals surface area (Å²) in [6.07, 6.45) is 12.3. The molecule has 0 heterocycles. The fourth-order valence-electron chi connectivity index (χ4n) is 8.03. The molecule has 0 aromatic heterocycles. The molecule has 0 bridgehead atoms. The third-order valence-corrected chi connectivity index (χ3v) is 9.49. The van der Waals surface area contributed by atoms with Crippen LogP contribution in [0.1, 0.15) is 85.0 Å². The first-order valence-electron chi connectivity index (χ1n) is 10.2. The Morgan fingerprint density at radius 3 is 2.35 bits per heavy atom. The Labute approximate surface area is 142 Å². The van der Waals surface area contributed by atoms with Crippen LogP contribution < -0.4 is 0 Å². The largest absolute Gasteiger partial charge is 0.390 e. The van der Waals surface area contributed by atoms with E-state index in [0.717, 1.165) is 37.0 Å². The monoisotopic (exact) mass is 320 g/mol. The average Bonchev–Trinajstić information content (AvgIpc) is 2.80. The molecule has 0 amide bonds. The van der Waals surface area contributed by atoms with Gasteiger partial charge < -0.3 is 10.2 Å². The highest BCUT2D eigenvalue weighted by atomic mass is 16.3. The van der Waals surface area contributed by atoms with Gasteiger partial charge in [0.25, 0.3) is 0 Å². The van der Waals surface area contributed by atoms with Gasteiger partial charge in [0.15, 0.2) is 0 Å². The summed E-state index contributed by atoms with van der Waals surface area (Å²) in [5.41, 5.74) is -0.360. The summed E-state index contributed by atoms with van der Waals surface area (Å²) in [6.45, 7) is 6.70. The zero-order valence-corrected chi connectivity index (χ0v) is 15.4. The van der Waals surface area contributed by atoms with Gasteiger partial charge in [0.05, 0.1) is 11.7 Å². The van der Waals surface area contributed by atoms with Crippen molar-refractivity contribution < 1.29 is 10.2 Å². The van der Waals surface area contributed by atoms with E-state index in [4.69, 9.17) is 0 Å². The molecule has 4 fully saturated rings. The topological polar surface area (TPSA) is 40.5 Å². The van der Waals surface area contributed by atoms with E-state index >= 15 is 0 Å². The van der Waals surface area contributed by atoms with Crippen LogP contribution in [0.2, 0.25) is 0 Å². The van der Waals surface area contributed by atoms with Gasteiger partial charge in [-0.05, 0) is 87.4 Å². The maximum atomic E-state index is 11.3. The van der Waals surface area contributed by atoms with Gasteiger partial charge >= 0.3 is 0 Å². The maximum Gasteiger partial charge on any atom is 0.0958 e. The first-order chi connectivity index (χ1) is 10.8. The number of hydrogen-bond acceptors (Lipinski definition) is 2. The second kappa shape index (κ2) is 5.21. The number of aliphatic hydroxyl groups is 2. The second-order valence-corrected chi connectivity index (χ2v) is 10.00. The van der Waals surface area contributed by atoms with Crippen molar-refractivity contribution in [1.82, 2.24) is 0 Å². The smallest absolute Gasteiger partial charge is 0.0958 e. The minimum Gasteiger partial charge on any atom is -0.390 e. The van der Waals surface area contributed by atoms with E-state index in [1.807, 2.05) is 0 Å². The average molecular weight is 321 g/mol. The Morgan fingerprint density at radius 1 is 0.870 bits per heavy atom. The predicted octanol–water partition coefficient (Wildman–Crippen LogP) is 4.53. The molecular weight excluding hydrogens is 284 g/mol. The van der Waals surface area contributed by atoms with Crippen molar-refractivity contribution in [3.8, 4) is 0 Å². The number of aliphatic hydroxyl groups excluding tert-OH is 1. The van der Waals surface area contributed by atoms with Crippen LogP contribution in [-0.4, -0.2) is 21.9 Å². The summed E-state index contributed by atoms with van der Waals surface area (Å²) in [5, 5.41) is 21.6. The van der Waals surface area contributed by atoms with E-state index in [1.54, 1.807) is 6.92 Å². The van der Waals surface area contributed by atoms with Crippen LogP contribution in [0.25, 0.3) is 0 Å². The van der Waals surface area contributed by atoms with E-state index in [1.165, 1.54) is 44.9 Å². The molecule has 4 aliphatic rings. The van der Waals surface area contributed by atoms with Crippen LogP contribution >= 0.6 is 0 Å². The van der Waals surface area contributed by atoms with Gasteiger partial charge in [0.1, 0.15) is 0 Å². The van der Waals surface area contributed by atoms with Crippen molar-refractivity contribution in [2.45, 2.75) is 96.7 Å². The molecule has 4 rings (SSSR count). The van der Waals surface area contributed by atoms with Gasteiger partial charge in [-0.3, -0.25) is 0 Å². The number of rotatable bonds is 1. The quantitative estimate of drug-likeness (QED) is 0.745. The Balaban J connectivity index is 1.65. The van der Waals surface area contributed by atoms with Crippen LogP contribution in [0.4, 0.5) is 0 Å². The molecule has 2 nitrogen and oxygen atoms in total. The van der Waals surface area contributed by atoms with Crippen molar-refractivity contribution >= 4 is 0 Å². The molecule has 0 aliphatic heterocycles. The second-order valence-electron chi connectivity index (χ2n) is 10.00. The van der Waals surface area contributed by atoms with Crippen LogP contribution in [0.5, 0.6) is 0 Å². The van der Waals surface area contributed by atoms with Crippen LogP contribution in [0.3, 0.4) is 0 Å². The molecule has 6 unspecified atom stereocenters. The molecule has 0 saturated heterocycles. The maximum absolute atomic E-state index is 11.3. The minimum absolute atomic E-state index is 0.0692. The lowest BCUT2D eigenvalue weighted by Gasteiger charge is -2.61. The zero-order valence-electron chi connectivity index (χ0n) is 15.4. The van der Waals surface area contributed by atoms with E-state index in [0.29, 0.717) is 11.3 Å². The molecule has 0 spiro atoms. The summed E-state index contributed by atoms with van der Waals surface area (Å²) < 4.78 is 0. The van der Waals surface area contributed by atoms with Gasteiger partial charge in [-0.25, -0.2) is 0 Å². The zero-order chi connectivity index (χ0) is 16.5. The Morgan fingerprint density at radius 2 is 1.61 bits per heavy atom. The summed E-state index contributed by atoms with van der Waals surface area (Å²) >= 11 is 0. The molecule has 2 N–H and O–H groups in total. The summed E-state index contributed by atoms with van der Waals surface area (Å²) in [5.74, 6) is 3.25. The summed E-state index contributed by atoms with van der Waals surface area (Å²) in [7, 11) is 0. The lowest BCUT2D eigenvalue weighted by atomic mass is 9.44. The molecule has 132 valence electrons. The van der Waals surface area contributed by atoms with Crippen LogP contribution in [0, 0.1) is 34.5 Å². The first-order valence-corrected chi connectivity index (χ1v) is 10.2. The molecule has 0 radical (unpaired) electrons. The number of fused-ring (bicyclic) bond motifs is 5. The molecule has 4 saturated carbocycles. The van der Waals surface area contributed by atoms with Gasteiger partial charge in [-0.2, -0.15) is 0 Å². The molecule has 0 aromatic carbocycles. The SMILES string of the molecule is CC(O)[C@@]1(O)CCC2C3CC[C@H]4CCCCC4(C)C3CCC21C. The molecule has 8 atom stereocenters.